The Bertz CT molecular complexity index is 3190. The fraction of sp³-hybridized carbons (Fsp3) is 0. The molecular weight excluding hydrogens is 647 g/mol. The first-order valence-electron chi connectivity index (χ1n) is 18.0. The minimum Gasteiger partial charge on any atom is -0.456 e. The number of furan rings is 2. The molecule has 0 aliphatic heterocycles. The van der Waals surface area contributed by atoms with Gasteiger partial charge >= 0.3 is 0 Å². The van der Waals surface area contributed by atoms with Crippen LogP contribution in [0.4, 0.5) is 17.1 Å². The van der Waals surface area contributed by atoms with Gasteiger partial charge in [-0.2, -0.15) is 0 Å². The largest absolute Gasteiger partial charge is 0.456 e. The van der Waals surface area contributed by atoms with Crippen molar-refractivity contribution in [3.05, 3.63) is 188 Å². The Morgan fingerprint density at radius 1 is 0.302 bits per heavy atom. The molecule has 53 heavy (non-hydrogen) atoms. The van der Waals surface area contributed by atoms with E-state index in [9.17, 15) is 0 Å². The minimum absolute atomic E-state index is 0.874. The molecule has 248 valence electrons. The quantitative estimate of drug-likeness (QED) is 0.170. The molecule has 0 atom stereocenters. The lowest BCUT2D eigenvalue weighted by Gasteiger charge is -2.29. The average molecular weight is 678 g/mol. The highest BCUT2D eigenvalue weighted by Crippen LogP contribution is 2.46. The number of rotatable bonds is 5. The SMILES string of the molecule is c1ccc(-c2ccccc2-c2ccccc2N(c2ccc3ccc4cc5oc6ccccc6c5cc4c3c2)c2ccc3oc4ccccc4c3c2)cc1. The van der Waals surface area contributed by atoms with Gasteiger partial charge < -0.3 is 13.7 Å². The Balaban J connectivity index is 1.18. The maximum Gasteiger partial charge on any atom is 0.136 e. The van der Waals surface area contributed by atoms with Gasteiger partial charge in [-0.1, -0.05) is 127 Å². The lowest BCUT2D eigenvalue weighted by Crippen LogP contribution is -2.11. The molecule has 3 heteroatoms. The van der Waals surface area contributed by atoms with Gasteiger partial charge in [-0.05, 0) is 98.9 Å². The summed E-state index contributed by atoms with van der Waals surface area (Å²) in [6, 6.07) is 67.0. The highest BCUT2D eigenvalue weighted by molar-refractivity contribution is 6.17. The standard InChI is InChI=1S/C50H31NO2/c1-2-12-32(13-3-1)37-14-4-5-15-38(37)39-16-6-9-19-46(39)51(36-26-27-49-44(30-36)40-17-7-10-20-47(40)52-49)35-25-24-33-22-23-34-28-50-45(31-43(34)42(33)29-35)41-18-8-11-21-48(41)53-50/h1-31H. The zero-order valence-corrected chi connectivity index (χ0v) is 28.7. The smallest absolute Gasteiger partial charge is 0.136 e. The van der Waals surface area contributed by atoms with E-state index >= 15 is 0 Å². The highest BCUT2D eigenvalue weighted by atomic mass is 16.3. The van der Waals surface area contributed by atoms with Gasteiger partial charge in [-0.15, -0.1) is 0 Å². The van der Waals surface area contributed by atoms with Crippen LogP contribution in [-0.4, -0.2) is 0 Å². The minimum atomic E-state index is 0.874. The first-order chi connectivity index (χ1) is 26.3. The molecule has 11 rings (SSSR count). The van der Waals surface area contributed by atoms with Gasteiger partial charge in [0.05, 0.1) is 5.69 Å². The number of hydrogen-bond donors (Lipinski definition) is 0. The van der Waals surface area contributed by atoms with Crippen LogP contribution in [0.5, 0.6) is 0 Å². The molecule has 2 heterocycles. The summed E-state index contributed by atoms with van der Waals surface area (Å²) in [6.07, 6.45) is 0. The Kier molecular flexibility index (Phi) is 6.55. The highest BCUT2D eigenvalue weighted by Gasteiger charge is 2.21. The number of nitrogens with zero attached hydrogens (tertiary/aromatic N) is 1. The van der Waals surface area contributed by atoms with Crippen molar-refractivity contribution in [1.29, 1.82) is 0 Å². The molecule has 3 nitrogen and oxygen atoms in total. The molecular formula is C50H31NO2. The van der Waals surface area contributed by atoms with Crippen molar-refractivity contribution < 1.29 is 8.83 Å². The predicted octanol–water partition coefficient (Wildman–Crippen LogP) is 14.6. The fourth-order valence-electron chi connectivity index (χ4n) is 8.16. The third-order valence-electron chi connectivity index (χ3n) is 10.6. The summed E-state index contributed by atoms with van der Waals surface area (Å²) in [4.78, 5) is 2.41. The average Bonchev–Trinajstić information content (AvgIpc) is 3.78. The predicted molar refractivity (Wildman–Crippen MR) is 222 cm³/mol. The molecule has 0 spiro atoms. The van der Waals surface area contributed by atoms with Crippen LogP contribution < -0.4 is 4.90 Å². The van der Waals surface area contributed by atoms with E-state index < -0.39 is 0 Å². The molecule has 0 aliphatic rings. The molecule has 11 aromatic rings. The summed E-state index contributed by atoms with van der Waals surface area (Å²) in [5, 5.41) is 9.17. The van der Waals surface area contributed by atoms with Crippen molar-refractivity contribution >= 4 is 82.5 Å². The van der Waals surface area contributed by atoms with E-state index in [0.717, 1.165) is 71.9 Å². The summed E-state index contributed by atoms with van der Waals surface area (Å²) in [6.45, 7) is 0. The van der Waals surface area contributed by atoms with E-state index in [1.54, 1.807) is 0 Å². The van der Waals surface area contributed by atoms with E-state index in [0.29, 0.717) is 0 Å². The Morgan fingerprint density at radius 2 is 0.830 bits per heavy atom. The molecule has 0 unspecified atom stereocenters. The molecule has 0 radical (unpaired) electrons. The van der Waals surface area contributed by atoms with Crippen molar-refractivity contribution in [3.63, 3.8) is 0 Å². The lowest BCUT2D eigenvalue weighted by molar-refractivity contribution is 0.668. The van der Waals surface area contributed by atoms with Crippen molar-refractivity contribution in [2.45, 2.75) is 0 Å². The van der Waals surface area contributed by atoms with Gasteiger partial charge in [-0.3, -0.25) is 0 Å². The maximum absolute atomic E-state index is 6.30. The zero-order chi connectivity index (χ0) is 34.9. The van der Waals surface area contributed by atoms with Crippen LogP contribution in [0.2, 0.25) is 0 Å². The van der Waals surface area contributed by atoms with Crippen LogP contribution in [0.25, 0.3) is 87.7 Å². The summed E-state index contributed by atoms with van der Waals surface area (Å²) in [7, 11) is 0. The van der Waals surface area contributed by atoms with Gasteiger partial charge in [0.15, 0.2) is 0 Å². The van der Waals surface area contributed by atoms with Crippen molar-refractivity contribution in [3.8, 4) is 22.3 Å². The molecule has 0 saturated heterocycles. The molecule has 0 aliphatic carbocycles. The molecule has 0 N–H and O–H groups in total. The van der Waals surface area contributed by atoms with Gasteiger partial charge in [-0.25, -0.2) is 0 Å². The van der Waals surface area contributed by atoms with Crippen LogP contribution in [0, 0.1) is 0 Å². The summed E-state index contributed by atoms with van der Waals surface area (Å²) in [5.41, 5.74) is 11.5. The topological polar surface area (TPSA) is 29.5 Å². The Hall–Kier alpha value is -7.10. The van der Waals surface area contributed by atoms with E-state index in [1.165, 1.54) is 32.8 Å². The number of para-hydroxylation sites is 3. The molecule has 0 saturated carbocycles. The zero-order valence-electron chi connectivity index (χ0n) is 28.7. The molecule has 0 fully saturated rings. The van der Waals surface area contributed by atoms with Crippen LogP contribution in [0.3, 0.4) is 0 Å². The van der Waals surface area contributed by atoms with E-state index in [2.05, 4.69) is 169 Å². The molecule has 0 bridgehead atoms. The maximum atomic E-state index is 6.30. The number of fused-ring (bicyclic) bond motifs is 9. The number of hydrogen-bond acceptors (Lipinski definition) is 3. The normalized spacial score (nSPS) is 11.8. The third kappa shape index (κ3) is 4.75. The van der Waals surface area contributed by atoms with Crippen LogP contribution >= 0.6 is 0 Å². The van der Waals surface area contributed by atoms with Crippen molar-refractivity contribution in [1.82, 2.24) is 0 Å². The van der Waals surface area contributed by atoms with Gasteiger partial charge in [0.2, 0.25) is 0 Å². The van der Waals surface area contributed by atoms with Crippen molar-refractivity contribution in [2.24, 2.45) is 0 Å². The van der Waals surface area contributed by atoms with Crippen LogP contribution in [0.15, 0.2) is 197 Å². The van der Waals surface area contributed by atoms with Crippen LogP contribution in [-0.2, 0) is 0 Å². The molecule has 9 aromatic carbocycles. The van der Waals surface area contributed by atoms with Crippen molar-refractivity contribution in [2.75, 3.05) is 4.90 Å². The fourth-order valence-corrected chi connectivity index (χ4v) is 8.16. The second kappa shape index (κ2) is 11.7. The van der Waals surface area contributed by atoms with E-state index in [-0.39, 0.29) is 0 Å². The second-order valence-electron chi connectivity index (χ2n) is 13.7. The molecule has 2 aromatic heterocycles. The third-order valence-corrected chi connectivity index (χ3v) is 10.6. The summed E-state index contributed by atoms with van der Waals surface area (Å²) in [5.74, 6) is 0. The number of anilines is 3. The Labute approximate surface area is 305 Å². The van der Waals surface area contributed by atoms with Crippen LogP contribution in [0.1, 0.15) is 0 Å². The first kappa shape index (κ1) is 29.6. The summed E-state index contributed by atoms with van der Waals surface area (Å²) < 4.78 is 12.6. The Morgan fingerprint density at radius 3 is 1.62 bits per heavy atom. The van der Waals surface area contributed by atoms with E-state index in [1.807, 2.05) is 24.3 Å². The van der Waals surface area contributed by atoms with Gasteiger partial charge in [0.1, 0.15) is 22.3 Å². The first-order valence-corrected chi connectivity index (χ1v) is 18.0. The lowest BCUT2D eigenvalue weighted by atomic mass is 9.93. The summed E-state index contributed by atoms with van der Waals surface area (Å²) >= 11 is 0. The molecule has 0 amide bonds. The number of benzene rings is 9. The second-order valence-corrected chi connectivity index (χ2v) is 13.7. The van der Waals surface area contributed by atoms with Gasteiger partial charge in [0, 0.05) is 38.5 Å². The van der Waals surface area contributed by atoms with E-state index in [4.69, 9.17) is 8.83 Å². The monoisotopic (exact) mass is 677 g/mol. The van der Waals surface area contributed by atoms with Gasteiger partial charge in [0.25, 0.3) is 0 Å².